The van der Waals surface area contributed by atoms with Gasteiger partial charge in [-0.1, -0.05) is 138 Å². The normalized spacial score (nSPS) is 15.4. The Hall–Kier alpha value is -2.63. The number of likely N-dealkylation sites (N-methyl/N-ethyl adjacent to an activating group) is 1. The number of esters is 2. The summed E-state index contributed by atoms with van der Waals surface area (Å²) in [6, 6.07) is 0. The summed E-state index contributed by atoms with van der Waals surface area (Å²) in [5, 5.41) is 20.2. The van der Waals surface area contributed by atoms with Crippen LogP contribution in [0.4, 0.5) is 0 Å². The minimum absolute atomic E-state index is 0.0121. The number of allylic oxidation sites excluding steroid dienone is 10. The molecule has 0 rings (SSSR count). The molecule has 0 fully saturated rings. The number of aliphatic hydroxyl groups excluding tert-OH is 2. The quantitative estimate of drug-likeness (QED) is 0.0137. The minimum Gasteiger partial charge on any atom is -0.462 e. The third kappa shape index (κ3) is 40.2. The number of hydrogen-bond acceptors (Lipinski definition) is 9. The van der Waals surface area contributed by atoms with Crippen LogP contribution in [0.15, 0.2) is 72.9 Å². The van der Waals surface area contributed by atoms with E-state index in [1.807, 2.05) is 51.5 Å². The van der Waals surface area contributed by atoms with E-state index < -0.39 is 44.7 Å². The molecule has 12 heteroatoms. The summed E-state index contributed by atoms with van der Waals surface area (Å²) in [5.74, 6) is -1.05. The first kappa shape index (κ1) is 55.4. The first-order valence-electron chi connectivity index (χ1n) is 21.9. The van der Waals surface area contributed by atoms with Gasteiger partial charge in [0, 0.05) is 12.8 Å². The highest BCUT2D eigenvalue weighted by molar-refractivity contribution is 7.47. The van der Waals surface area contributed by atoms with E-state index in [9.17, 15) is 29.3 Å². The fourth-order valence-corrected chi connectivity index (χ4v) is 6.12. The second-order valence-electron chi connectivity index (χ2n) is 15.8. The Morgan fingerprint density at radius 1 is 0.621 bits per heavy atom. The highest BCUT2D eigenvalue weighted by Crippen LogP contribution is 2.43. The lowest BCUT2D eigenvalue weighted by Crippen LogP contribution is -2.37. The Morgan fingerprint density at radius 3 is 1.78 bits per heavy atom. The van der Waals surface area contributed by atoms with Crippen LogP contribution in [0.5, 0.6) is 0 Å². The molecule has 0 aliphatic rings. The van der Waals surface area contributed by atoms with E-state index in [-0.39, 0.29) is 26.1 Å². The molecule has 0 aromatic carbocycles. The van der Waals surface area contributed by atoms with Gasteiger partial charge in [0.25, 0.3) is 0 Å². The van der Waals surface area contributed by atoms with Crippen molar-refractivity contribution in [3.8, 4) is 0 Å². The number of quaternary nitrogens is 1. The van der Waals surface area contributed by atoms with Gasteiger partial charge in [-0.15, -0.1) is 0 Å². The van der Waals surface area contributed by atoms with E-state index in [2.05, 4.69) is 38.2 Å². The fourth-order valence-electron chi connectivity index (χ4n) is 5.37. The zero-order chi connectivity index (χ0) is 43.2. The first-order chi connectivity index (χ1) is 27.8. The number of phosphoric acid groups is 1. The van der Waals surface area contributed by atoms with Crippen LogP contribution in [0, 0.1) is 0 Å². The molecular weight excluding hydrogens is 757 g/mol. The Kier molecular flexibility index (Phi) is 35.7. The van der Waals surface area contributed by atoms with Crippen molar-refractivity contribution in [1.29, 1.82) is 0 Å². The molecular formula is C46H81NO10P+. The molecule has 0 radical (unpaired) electrons. The number of phosphoric ester groups is 1. The molecule has 0 heterocycles. The van der Waals surface area contributed by atoms with Crippen molar-refractivity contribution in [3.63, 3.8) is 0 Å². The number of carbonyl (C=O) groups excluding carboxylic acids is 2. The van der Waals surface area contributed by atoms with E-state index in [1.54, 1.807) is 18.2 Å². The molecule has 0 saturated carbocycles. The predicted octanol–water partition coefficient (Wildman–Crippen LogP) is 10.2. The minimum atomic E-state index is -4.44. The number of carbonyl (C=O) groups is 2. The molecule has 1 unspecified atom stereocenters. The van der Waals surface area contributed by atoms with E-state index in [0.717, 1.165) is 70.6 Å². The molecule has 0 aliphatic heterocycles. The van der Waals surface area contributed by atoms with Gasteiger partial charge in [-0.25, -0.2) is 4.57 Å². The van der Waals surface area contributed by atoms with Gasteiger partial charge in [-0.2, -0.15) is 0 Å². The Labute approximate surface area is 352 Å². The van der Waals surface area contributed by atoms with E-state index in [0.29, 0.717) is 36.7 Å². The van der Waals surface area contributed by atoms with Gasteiger partial charge < -0.3 is 29.1 Å². The molecule has 0 bridgehead atoms. The summed E-state index contributed by atoms with van der Waals surface area (Å²) in [6.07, 6.45) is 38.8. The molecule has 58 heavy (non-hydrogen) atoms. The summed E-state index contributed by atoms with van der Waals surface area (Å²) in [5.41, 5.74) is 0. The average Bonchev–Trinajstić information content (AvgIpc) is 3.16. The van der Waals surface area contributed by atoms with Gasteiger partial charge >= 0.3 is 19.8 Å². The van der Waals surface area contributed by atoms with Crippen LogP contribution in [0.25, 0.3) is 0 Å². The summed E-state index contributed by atoms with van der Waals surface area (Å²) in [6.45, 7) is 3.99. The highest BCUT2D eigenvalue weighted by atomic mass is 31.2. The molecule has 0 aromatic rings. The smallest absolute Gasteiger partial charge is 0.462 e. The van der Waals surface area contributed by atoms with Crippen LogP contribution in [0.2, 0.25) is 0 Å². The number of ether oxygens (including phenoxy) is 2. The van der Waals surface area contributed by atoms with Crippen molar-refractivity contribution < 1.29 is 52.3 Å². The second-order valence-corrected chi connectivity index (χ2v) is 17.2. The zero-order valence-corrected chi connectivity index (χ0v) is 37.6. The number of rotatable bonds is 38. The monoisotopic (exact) mass is 839 g/mol. The van der Waals surface area contributed by atoms with Crippen LogP contribution in [0.3, 0.4) is 0 Å². The predicted molar refractivity (Wildman–Crippen MR) is 236 cm³/mol. The van der Waals surface area contributed by atoms with E-state index in [1.165, 1.54) is 19.3 Å². The van der Waals surface area contributed by atoms with Crippen molar-refractivity contribution in [1.82, 2.24) is 0 Å². The van der Waals surface area contributed by atoms with Crippen LogP contribution in [-0.2, 0) is 32.7 Å². The topological polar surface area (TPSA) is 149 Å². The zero-order valence-electron chi connectivity index (χ0n) is 36.7. The molecule has 0 saturated heterocycles. The molecule has 0 amide bonds. The average molecular weight is 839 g/mol. The second kappa shape index (κ2) is 37.4. The van der Waals surface area contributed by atoms with Crippen molar-refractivity contribution in [3.05, 3.63) is 72.9 Å². The van der Waals surface area contributed by atoms with Gasteiger partial charge in [-0.05, 0) is 64.2 Å². The summed E-state index contributed by atoms with van der Waals surface area (Å²) in [4.78, 5) is 35.4. The summed E-state index contributed by atoms with van der Waals surface area (Å²) >= 11 is 0. The lowest BCUT2D eigenvalue weighted by molar-refractivity contribution is -0.870. The largest absolute Gasteiger partial charge is 0.472 e. The van der Waals surface area contributed by atoms with E-state index >= 15 is 0 Å². The summed E-state index contributed by atoms with van der Waals surface area (Å²) < 4.78 is 34.1. The molecule has 334 valence electrons. The van der Waals surface area contributed by atoms with Gasteiger partial charge in [0.05, 0.1) is 40.0 Å². The maximum absolute atomic E-state index is 12.7. The maximum Gasteiger partial charge on any atom is 0.472 e. The van der Waals surface area contributed by atoms with E-state index in [4.69, 9.17) is 18.5 Å². The first-order valence-corrected chi connectivity index (χ1v) is 23.4. The number of unbranched alkanes of at least 4 members (excludes halogenated alkanes) is 10. The molecule has 0 aromatic heterocycles. The number of hydrogen-bond donors (Lipinski definition) is 3. The molecule has 0 spiro atoms. The number of nitrogens with zero attached hydrogens (tertiary/aromatic N) is 1. The van der Waals surface area contributed by atoms with Gasteiger partial charge in [0.1, 0.15) is 19.8 Å². The fraction of sp³-hybridized carbons (Fsp3) is 0.696. The standard InChI is InChI=1S/C46H80NO10P/c1-6-8-10-11-12-13-14-15-16-17-18-19-23-26-30-36-46(51)57-44(41-56-58(52,53)55-39-38-47(3,4)5)40-54-45(50)37-31-35-43(49)34-29-25-22-20-21-24-28-33-42(48)32-27-9-7-2/h12-13,15-16,21-22,24-25,28-29,33-34,42-44,48-49H,6-11,14,17-20,23,26-27,30-32,35-41H2,1-5H3/p+1/b13-12-,16-15-,24-21-,25-22-,33-28+,34-29+/t42-,43-,44+/m0/s1. The van der Waals surface area contributed by atoms with Crippen molar-refractivity contribution in [2.75, 3.05) is 47.5 Å². The third-order valence-corrected chi connectivity index (χ3v) is 9.90. The lowest BCUT2D eigenvalue weighted by Gasteiger charge is -2.24. The van der Waals surface area contributed by atoms with Gasteiger partial charge in [0.15, 0.2) is 6.10 Å². The Balaban J connectivity index is 4.64. The van der Waals surface area contributed by atoms with Crippen molar-refractivity contribution in [2.45, 2.75) is 161 Å². The maximum atomic E-state index is 12.7. The Morgan fingerprint density at radius 2 is 1.16 bits per heavy atom. The van der Waals surface area contributed by atoms with Crippen LogP contribution >= 0.6 is 7.82 Å². The summed E-state index contributed by atoms with van der Waals surface area (Å²) in [7, 11) is 1.33. The molecule has 11 nitrogen and oxygen atoms in total. The highest BCUT2D eigenvalue weighted by Gasteiger charge is 2.27. The lowest BCUT2D eigenvalue weighted by atomic mass is 10.1. The van der Waals surface area contributed by atoms with Crippen LogP contribution < -0.4 is 0 Å². The molecule has 0 aliphatic carbocycles. The van der Waals surface area contributed by atoms with Gasteiger partial charge in [-0.3, -0.25) is 18.6 Å². The van der Waals surface area contributed by atoms with Gasteiger partial charge in [0.2, 0.25) is 0 Å². The molecule has 3 N–H and O–H groups in total. The van der Waals surface area contributed by atoms with Crippen LogP contribution in [-0.4, -0.2) is 97.3 Å². The Bertz CT molecular complexity index is 1250. The molecule has 4 atom stereocenters. The number of aliphatic hydroxyl groups is 2. The van der Waals surface area contributed by atoms with Crippen molar-refractivity contribution >= 4 is 19.8 Å². The van der Waals surface area contributed by atoms with Crippen LogP contribution in [0.1, 0.15) is 142 Å². The SMILES string of the molecule is CCCCC/C=C\C/C=C\CCCCCCCC(=O)O[C@H](COC(=O)CCC[C@@H](O)/C=C/C=C\C/C=C\C=C\[C@@H](O)CCCCC)COP(=O)(O)OCC[N+](C)(C)C. The van der Waals surface area contributed by atoms with Crippen molar-refractivity contribution in [2.24, 2.45) is 0 Å². The third-order valence-electron chi connectivity index (χ3n) is 8.92.